The van der Waals surface area contributed by atoms with Crippen molar-refractivity contribution >= 4 is 54.9 Å². The van der Waals surface area contributed by atoms with Crippen LogP contribution >= 0.6 is 0 Å². The monoisotopic (exact) mass is 1130 g/mol. The zero-order valence-corrected chi connectivity index (χ0v) is 44.6. The molecule has 0 unspecified atom stereocenters. The number of fused-ring (bicyclic) bond motifs is 7. The van der Waals surface area contributed by atoms with Crippen LogP contribution in [0.1, 0.15) is 128 Å². The fourth-order valence-corrected chi connectivity index (χ4v) is 9.43. The molecule has 72 heavy (non-hydrogen) atoms. The standard InChI is InChI=1S/C50H44N3O2.C14H15N2.Ir/c1-27(2)37-22-33(32-15-17-34(18-16-32)50(7,8)9)23-38(28(3)4)47(37)53-46-30(6)11-10-12-41(46)52-49(53)36-19-13-29(5)45-40-25-43-39(24-44(40)55-48(36)45)35-20-14-31(26-51)21-42(35)54-43;1-14(2,3)12-9-10-15-13(16-12)11-7-5-4-6-8-11;/h10-18,20-25,27-28H,1-9H3;4-7,9-10H,1-3H3;/q2*-1;/i5D3,6D3;;. The van der Waals surface area contributed by atoms with Crippen LogP contribution in [0.5, 0.6) is 0 Å². The summed E-state index contributed by atoms with van der Waals surface area (Å²) < 4.78 is 67.0. The normalized spacial score (nSPS) is 13.6. The molecule has 363 valence electrons. The number of nitriles is 1. The SMILES string of the molecule is CC(C)(C)c1ccnc(-c2[c-]cccc2)n1.[2H]C([2H])([2H])c1c[c-]c(-c2nc3cccc(C([2H])([2H])[2H])c3n2-c2c(C(C)C)cc(-c3ccc(C(C)(C)C)cc3)cc2C(C)C)c2oc3cc4c(cc3c12)oc1cc(C#N)ccc14.[Ir]. The third-order valence-corrected chi connectivity index (χ3v) is 13.3. The van der Waals surface area contributed by atoms with Crippen molar-refractivity contribution in [2.24, 2.45) is 0 Å². The van der Waals surface area contributed by atoms with Crippen molar-refractivity contribution in [2.75, 3.05) is 0 Å². The van der Waals surface area contributed by atoms with Gasteiger partial charge in [0.05, 0.1) is 39.9 Å². The number of aryl methyl sites for hydroxylation is 2. The third-order valence-electron chi connectivity index (χ3n) is 13.3. The van der Waals surface area contributed by atoms with Crippen molar-refractivity contribution < 1.29 is 37.2 Å². The van der Waals surface area contributed by atoms with Gasteiger partial charge in [0.2, 0.25) is 0 Å². The van der Waals surface area contributed by atoms with E-state index in [1.54, 1.807) is 30.3 Å². The zero-order valence-electron chi connectivity index (χ0n) is 48.2. The second-order valence-corrected chi connectivity index (χ2v) is 21.0. The van der Waals surface area contributed by atoms with Gasteiger partial charge >= 0.3 is 0 Å². The molecule has 0 N–H and O–H groups in total. The first-order valence-electron chi connectivity index (χ1n) is 27.1. The third kappa shape index (κ3) is 9.06. The van der Waals surface area contributed by atoms with E-state index in [-0.39, 0.29) is 59.5 Å². The van der Waals surface area contributed by atoms with Gasteiger partial charge in [-0.15, -0.1) is 53.6 Å². The number of benzene rings is 7. The molecule has 0 aliphatic heterocycles. The van der Waals surface area contributed by atoms with E-state index in [0.29, 0.717) is 55.5 Å². The fraction of sp³-hybridized carbons (Fsp3) is 0.250. The van der Waals surface area contributed by atoms with Gasteiger partial charge in [-0.2, -0.15) is 5.26 Å². The van der Waals surface area contributed by atoms with Gasteiger partial charge in [0.1, 0.15) is 16.7 Å². The molecule has 0 fully saturated rings. The number of nitrogens with zero attached hydrogens (tertiary/aromatic N) is 5. The Balaban J connectivity index is 0.000000373. The van der Waals surface area contributed by atoms with E-state index in [2.05, 4.69) is 134 Å². The van der Waals surface area contributed by atoms with Crippen molar-refractivity contribution in [1.29, 1.82) is 5.26 Å². The topological polar surface area (TPSA) is 93.7 Å². The average molecular weight is 1130 g/mol. The van der Waals surface area contributed by atoms with E-state index in [0.717, 1.165) is 55.8 Å². The Labute approximate surface area is 444 Å². The number of hydrogen-bond acceptors (Lipinski definition) is 6. The molecular formula is C64H59IrN5O2-2. The molecule has 4 heterocycles. The summed E-state index contributed by atoms with van der Waals surface area (Å²) in [4.78, 5) is 14.1. The second-order valence-electron chi connectivity index (χ2n) is 21.0. The minimum atomic E-state index is -2.54. The molecule has 0 bridgehead atoms. The summed E-state index contributed by atoms with van der Waals surface area (Å²) in [7, 11) is 0. The summed E-state index contributed by atoms with van der Waals surface area (Å²) in [6.07, 6.45) is 1.81. The molecule has 0 spiro atoms. The Morgan fingerprint density at radius 1 is 0.681 bits per heavy atom. The number of rotatable bonds is 6. The van der Waals surface area contributed by atoms with Crippen LogP contribution in [0.15, 0.2) is 136 Å². The van der Waals surface area contributed by atoms with E-state index < -0.39 is 13.7 Å². The molecule has 0 amide bonds. The maximum absolute atomic E-state index is 9.51. The largest absolute Gasteiger partial charge is 0.501 e. The van der Waals surface area contributed by atoms with E-state index >= 15 is 0 Å². The van der Waals surface area contributed by atoms with Crippen molar-refractivity contribution in [3.8, 4) is 45.7 Å². The molecule has 1 radical (unpaired) electrons. The van der Waals surface area contributed by atoms with Crippen molar-refractivity contribution in [3.05, 3.63) is 179 Å². The van der Waals surface area contributed by atoms with Gasteiger partial charge < -0.3 is 13.4 Å². The second kappa shape index (κ2) is 19.1. The van der Waals surface area contributed by atoms with Crippen LogP contribution in [-0.4, -0.2) is 19.5 Å². The van der Waals surface area contributed by atoms with Crippen LogP contribution < -0.4 is 0 Å². The summed E-state index contributed by atoms with van der Waals surface area (Å²) in [6.45, 7) is 16.5. The number of hydrogen-bond donors (Lipinski definition) is 0. The molecule has 0 saturated heterocycles. The van der Waals surface area contributed by atoms with Crippen LogP contribution in [0.25, 0.3) is 94.5 Å². The summed E-state index contributed by atoms with van der Waals surface area (Å²) in [6, 6.07) is 46.9. The smallest absolute Gasteiger partial charge is 0.136 e. The number of aromatic nitrogens is 4. The predicted molar refractivity (Wildman–Crippen MR) is 291 cm³/mol. The van der Waals surface area contributed by atoms with Gasteiger partial charge in [-0.25, -0.2) is 0 Å². The van der Waals surface area contributed by atoms with Gasteiger partial charge in [0, 0.05) is 67.5 Å². The van der Waals surface area contributed by atoms with E-state index in [9.17, 15) is 5.26 Å². The average Bonchev–Trinajstić information content (AvgIpc) is 4.29. The van der Waals surface area contributed by atoms with E-state index in [1.807, 2.05) is 59.3 Å². The Bertz CT molecular complexity index is 4080. The Morgan fingerprint density at radius 3 is 2.04 bits per heavy atom. The maximum Gasteiger partial charge on any atom is 0.136 e. The first kappa shape index (κ1) is 42.5. The first-order chi connectivity index (χ1) is 36.3. The summed E-state index contributed by atoms with van der Waals surface area (Å²) in [5.74, 6) is 1.11. The van der Waals surface area contributed by atoms with Crippen LogP contribution in [0.4, 0.5) is 0 Å². The molecule has 11 rings (SSSR count). The molecule has 0 aliphatic carbocycles. The fourth-order valence-electron chi connectivity index (χ4n) is 9.43. The number of furan rings is 2. The minimum absolute atomic E-state index is 0. The zero-order chi connectivity index (χ0) is 55.1. The molecule has 7 nitrogen and oxygen atoms in total. The van der Waals surface area contributed by atoms with Crippen molar-refractivity contribution in [2.45, 2.75) is 106 Å². The first-order valence-corrected chi connectivity index (χ1v) is 24.1. The van der Waals surface area contributed by atoms with E-state index in [1.165, 1.54) is 11.6 Å². The van der Waals surface area contributed by atoms with Gasteiger partial charge in [-0.3, -0.25) is 15.0 Å². The van der Waals surface area contributed by atoms with Crippen LogP contribution in [0.2, 0.25) is 0 Å². The molecule has 0 aliphatic rings. The molecule has 4 aromatic heterocycles. The molecule has 0 atom stereocenters. The van der Waals surface area contributed by atoms with Gasteiger partial charge in [-0.05, 0) is 112 Å². The van der Waals surface area contributed by atoms with E-state index in [4.69, 9.17) is 22.0 Å². The van der Waals surface area contributed by atoms with Gasteiger partial charge in [0.15, 0.2) is 0 Å². The Kier molecular flexibility index (Phi) is 11.3. The molecular weight excluding hydrogens is 1060 g/mol. The summed E-state index contributed by atoms with van der Waals surface area (Å²) in [5, 5.41) is 11.9. The predicted octanol–water partition coefficient (Wildman–Crippen LogP) is 17.2. The number of imidazole rings is 1. The maximum atomic E-state index is 9.51. The van der Waals surface area contributed by atoms with Crippen molar-refractivity contribution in [3.63, 3.8) is 0 Å². The van der Waals surface area contributed by atoms with Crippen LogP contribution in [0.3, 0.4) is 0 Å². The Morgan fingerprint density at radius 2 is 1.39 bits per heavy atom. The Hall–Kier alpha value is -7.17. The van der Waals surface area contributed by atoms with Crippen LogP contribution in [0, 0.1) is 37.2 Å². The molecule has 0 saturated carbocycles. The van der Waals surface area contributed by atoms with Crippen molar-refractivity contribution in [1.82, 2.24) is 19.5 Å². The summed E-state index contributed by atoms with van der Waals surface area (Å²) >= 11 is 0. The van der Waals surface area contributed by atoms with Crippen LogP contribution in [-0.2, 0) is 30.9 Å². The van der Waals surface area contributed by atoms with Gasteiger partial charge in [-0.1, -0.05) is 123 Å². The van der Waals surface area contributed by atoms with Gasteiger partial charge in [0.25, 0.3) is 0 Å². The summed E-state index contributed by atoms with van der Waals surface area (Å²) in [5.41, 5.74) is 11.9. The number of para-hydroxylation sites is 1. The quantitative estimate of drug-likeness (QED) is 0.154. The molecule has 7 aromatic carbocycles. The molecule has 8 heteroatoms. The molecule has 11 aromatic rings. The minimum Gasteiger partial charge on any atom is -0.501 e.